The maximum absolute atomic E-state index is 9.75. The molecule has 0 saturated heterocycles. The van der Waals surface area contributed by atoms with Crippen LogP contribution in [0, 0.1) is 41.3 Å². The van der Waals surface area contributed by atoms with Gasteiger partial charge in [0.1, 0.15) is 0 Å². The number of carbonyl (C=O) groups is 1. The molecule has 3 heteroatoms. The zero-order chi connectivity index (χ0) is 6.41. The summed E-state index contributed by atoms with van der Waals surface area (Å²) in [5, 5.41) is 8.02. The van der Waals surface area contributed by atoms with E-state index < -0.39 is 5.97 Å². The summed E-state index contributed by atoms with van der Waals surface area (Å²) in [7, 11) is 0. The molecule has 0 unspecified atom stereocenters. The summed E-state index contributed by atoms with van der Waals surface area (Å²) in [6.07, 6.45) is 5.98. The Morgan fingerprint density at radius 3 is 2.33 bits per heavy atom. The van der Waals surface area contributed by atoms with Gasteiger partial charge in [-0.2, -0.15) is 0 Å². The second-order valence-corrected chi connectivity index (χ2v) is 1.22. The molecule has 0 aromatic rings. The zero-order valence-corrected chi connectivity index (χ0v) is 8.95. The average molecular weight is 253 g/mol. The average Bonchev–Trinajstić information content (AvgIpc) is 1.66. The number of carboxylic acids is 1. The molecule has 0 aromatic heterocycles. The molecule has 0 saturated carbocycles. The minimum Gasteiger partial charge on any atom is -0.478 e. The van der Waals surface area contributed by atoms with Crippen LogP contribution in [0.1, 0.15) is 6.92 Å². The van der Waals surface area contributed by atoms with Gasteiger partial charge in [0.05, 0.1) is 0 Å². The standard InChI is InChI=1S/C6H8O2.Pr/c1-2-3-4-5-6(7)8;/h2-5H,1H3,(H,7,8);/b3-2+,5-4+;. The zero-order valence-electron chi connectivity index (χ0n) is 5.24. The monoisotopic (exact) mass is 253 g/mol. The Labute approximate surface area is 87.6 Å². The first-order chi connectivity index (χ1) is 3.77. The van der Waals surface area contributed by atoms with Crippen LogP contribution in [-0.2, 0) is 4.79 Å². The molecule has 0 bridgehead atoms. The van der Waals surface area contributed by atoms with Gasteiger partial charge in [-0.25, -0.2) is 4.79 Å². The van der Waals surface area contributed by atoms with Crippen molar-refractivity contribution in [3.05, 3.63) is 24.3 Å². The topological polar surface area (TPSA) is 37.3 Å². The summed E-state index contributed by atoms with van der Waals surface area (Å²) >= 11 is 0. The molecule has 9 heavy (non-hydrogen) atoms. The third-order valence-electron chi connectivity index (χ3n) is 0.542. The van der Waals surface area contributed by atoms with Gasteiger partial charge in [0.2, 0.25) is 0 Å². The summed E-state index contributed by atoms with van der Waals surface area (Å²) < 4.78 is 0. The molecule has 0 aromatic carbocycles. The van der Waals surface area contributed by atoms with Crippen LogP contribution in [0.3, 0.4) is 0 Å². The molecule has 0 fully saturated rings. The minimum absolute atomic E-state index is 0. The van der Waals surface area contributed by atoms with E-state index in [9.17, 15) is 4.79 Å². The van der Waals surface area contributed by atoms with E-state index in [0.717, 1.165) is 6.08 Å². The van der Waals surface area contributed by atoms with Crippen molar-refractivity contribution in [1.82, 2.24) is 0 Å². The van der Waals surface area contributed by atoms with Gasteiger partial charge in [0.25, 0.3) is 0 Å². The van der Waals surface area contributed by atoms with Gasteiger partial charge in [-0.15, -0.1) is 0 Å². The molecule has 47 valence electrons. The molecule has 0 aliphatic carbocycles. The van der Waals surface area contributed by atoms with Gasteiger partial charge < -0.3 is 5.11 Å². The van der Waals surface area contributed by atoms with Crippen LogP contribution in [0.2, 0.25) is 0 Å². The Morgan fingerprint density at radius 2 is 2.00 bits per heavy atom. The summed E-state index contributed by atoms with van der Waals surface area (Å²) in [5.41, 5.74) is 0. The number of hydrogen-bond acceptors (Lipinski definition) is 1. The summed E-state index contributed by atoms with van der Waals surface area (Å²) in [6, 6.07) is 0. The largest absolute Gasteiger partial charge is 0.478 e. The van der Waals surface area contributed by atoms with Crippen LogP contribution >= 0.6 is 0 Å². The van der Waals surface area contributed by atoms with Crippen molar-refractivity contribution < 1.29 is 51.2 Å². The van der Waals surface area contributed by atoms with Crippen molar-refractivity contribution in [2.24, 2.45) is 0 Å². The third-order valence-corrected chi connectivity index (χ3v) is 0.542. The van der Waals surface area contributed by atoms with Crippen molar-refractivity contribution in [2.45, 2.75) is 6.92 Å². The Balaban J connectivity index is 0. The van der Waals surface area contributed by atoms with Crippen molar-refractivity contribution in [1.29, 1.82) is 0 Å². The Morgan fingerprint density at radius 1 is 1.44 bits per heavy atom. The first-order valence-corrected chi connectivity index (χ1v) is 2.29. The fourth-order valence-electron chi connectivity index (χ4n) is 0.249. The molecule has 0 aliphatic rings. The molecular formula is C6H8O2Pr. The smallest absolute Gasteiger partial charge is 0.328 e. The van der Waals surface area contributed by atoms with E-state index >= 15 is 0 Å². The second-order valence-electron chi connectivity index (χ2n) is 1.22. The Kier molecular flexibility index (Phi) is 11.1. The molecule has 0 heterocycles. The van der Waals surface area contributed by atoms with E-state index in [0.29, 0.717) is 0 Å². The fraction of sp³-hybridized carbons (Fsp3) is 0.167. The molecule has 0 aliphatic heterocycles. The SMILES string of the molecule is C/C=C/C=C/C(=O)O.[Pr]. The predicted molar refractivity (Wildman–Crippen MR) is 31.6 cm³/mol. The minimum atomic E-state index is -0.914. The summed E-state index contributed by atoms with van der Waals surface area (Å²) in [4.78, 5) is 9.75. The van der Waals surface area contributed by atoms with Gasteiger partial charge >= 0.3 is 5.97 Å². The van der Waals surface area contributed by atoms with Crippen molar-refractivity contribution in [3.63, 3.8) is 0 Å². The first kappa shape index (κ1) is 12.0. The normalized spacial score (nSPS) is 9.89. The fourth-order valence-corrected chi connectivity index (χ4v) is 0.249. The Hall–Kier alpha value is 0.314. The first-order valence-electron chi connectivity index (χ1n) is 2.29. The van der Waals surface area contributed by atoms with Crippen molar-refractivity contribution in [3.8, 4) is 0 Å². The number of hydrogen-bond donors (Lipinski definition) is 1. The molecule has 0 amide bonds. The molecule has 1 N–H and O–H groups in total. The van der Waals surface area contributed by atoms with Crippen LogP contribution in [0.4, 0.5) is 0 Å². The maximum atomic E-state index is 9.75. The van der Waals surface area contributed by atoms with Gasteiger partial charge in [-0.05, 0) is 6.92 Å². The molecular weight excluding hydrogens is 245 g/mol. The van der Waals surface area contributed by atoms with E-state index in [4.69, 9.17) is 5.11 Å². The quantitative estimate of drug-likeness (QED) is 0.593. The molecule has 0 rings (SSSR count). The van der Waals surface area contributed by atoms with Crippen LogP contribution < -0.4 is 0 Å². The van der Waals surface area contributed by atoms with Crippen molar-refractivity contribution >= 4 is 5.97 Å². The van der Waals surface area contributed by atoms with E-state index in [2.05, 4.69) is 0 Å². The molecule has 0 atom stereocenters. The Bertz CT molecular complexity index is 127. The number of rotatable bonds is 2. The van der Waals surface area contributed by atoms with Crippen LogP contribution in [0.15, 0.2) is 24.3 Å². The summed E-state index contributed by atoms with van der Waals surface area (Å²) in [5.74, 6) is -0.914. The van der Waals surface area contributed by atoms with Gasteiger partial charge in [0, 0.05) is 47.4 Å². The van der Waals surface area contributed by atoms with Crippen LogP contribution in [0.25, 0.3) is 0 Å². The van der Waals surface area contributed by atoms with Gasteiger partial charge in [-0.1, -0.05) is 18.2 Å². The van der Waals surface area contributed by atoms with Crippen LogP contribution in [-0.4, -0.2) is 11.1 Å². The third kappa shape index (κ3) is 11.7. The van der Waals surface area contributed by atoms with E-state index in [1.165, 1.54) is 6.08 Å². The van der Waals surface area contributed by atoms with E-state index in [1.54, 1.807) is 12.2 Å². The van der Waals surface area contributed by atoms with Crippen LogP contribution in [0.5, 0.6) is 0 Å². The molecule has 2 nitrogen and oxygen atoms in total. The molecule has 0 spiro atoms. The number of carboxylic acid groups (broad SMARTS) is 1. The van der Waals surface area contributed by atoms with Gasteiger partial charge in [-0.3, -0.25) is 0 Å². The number of allylic oxidation sites excluding steroid dienone is 3. The predicted octanol–water partition coefficient (Wildman–Crippen LogP) is 1.20. The molecule has 1 radical (unpaired) electrons. The van der Waals surface area contributed by atoms with E-state index in [1.807, 2.05) is 6.92 Å². The van der Waals surface area contributed by atoms with Gasteiger partial charge in [0.15, 0.2) is 0 Å². The van der Waals surface area contributed by atoms with Crippen molar-refractivity contribution in [2.75, 3.05) is 0 Å². The summed E-state index contributed by atoms with van der Waals surface area (Å²) in [6.45, 7) is 1.83. The second kappa shape index (κ2) is 8.31. The van der Waals surface area contributed by atoms with E-state index in [-0.39, 0.29) is 41.3 Å². The number of aliphatic carboxylic acids is 1. The maximum Gasteiger partial charge on any atom is 0.328 e.